The van der Waals surface area contributed by atoms with Crippen LogP contribution in [0.2, 0.25) is 0 Å². The molecule has 1 aromatic rings. The van der Waals surface area contributed by atoms with Gasteiger partial charge in [-0.25, -0.2) is 9.18 Å². The summed E-state index contributed by atoms with van der Waals surface area (Å²) in [7, 11) is 1.69. The van der Waals surface area contributed by atoms with Crippen LogP contribution in [0.15, 0.2) is 24.3 Å². The maximum Gasteiger partial charge on any atom is 0.317 e. The quantitative estimate of drug-likeness (QED) is 0.870. The van der Waals surface area contributed by atoms with Gasteiger partial charge in [-0.2, -0.15) is 0 Å². The van der Waals surface area contributed by atoms with Crippen LogP contribution in [0.1, 0.15) is 30.9 Å². The van der Waals surface area contributed by atoms with Crippen LogP contribution < -0.4 is 5.32 Å². The Labute approximate surface area is 134 Å². The van der Waals surface area contributed by atoms with Gasteiger partial charge in [0.25, 0.3) is 0 Å². The number of nitrogens with zero attached hydrogens (tertiary/aromatic N) is 1. The van der Waals surface area contributed by atoms with Gasteiger partial charge in [-0.3, -0.25) is 4.79 Å². The minimum atomic E-state index is -0.949. The van der Waals surface area contributed by atoms with E-state index < -0.39 is 5.97 Å². The molecule has 7 heteroatoms. The van der Waals surface area contributed by atoms with Crippen molar-refractivity contribution in [2.45, 2.75) is 31.4 Å². The van der Waals surface area contributed by atoms with E-state index in [1.807, 2.05) is 0 Å². The fourth-order valence-electron chi connectivity index (χ4n) is 2.61. The van der Waals surface area contributed by atoms with Crippen LogP contribution >= 0.6 is 0 Å². The number of benzene rings is 1. The molecule has 126 valence electrons. The lowest BCUT2D eigenvalue weighted by Crippen LogP contribution is -2.46. The zero-order chi connectivity index (χ0) is 16.8. The van der Waals surface area contributed by atoms with Crippen molar-refractivity contribution in [3.05, 3.63) is 35.6 Å². The molecule has 1 aliphatic rings. The average molecular weight is 324 g/mol. The Morgan fingerprint density at radius 1 is 1.39 bits per heavy atom. The summed E-state index contributed by atoms with van der Waals surface area (Å²) < 4.78 is 18.7. The van der Waals surface area contributed by atoms with Crippen LogP contribution in [0.5, 0.6) is 0 Å². The number of ether oxygens (including phenoxy) is 1. The highest BCUT2D eigenvalue weighted by atomic mass is 19.1. The van der Waals surface area contributed by atoms with Gasteiger partial charge in [0.15, 0.2) is 0 Å². The number of amides is 2. The van der Waals surface area contributed by atoms with Gasteiger partial charge >= 0.3 is 12.0 Å². The molecule has 0 aromatic heterocycles. The van der Waals surface area contributed by atoms with E-state index in [0.29, 0.717) is 19.4 Å². The van der Waals surface area contributed by atoms with Crippen LogP contribution in [0, 0.1) is 5.82 Å². The molecule has 0 saturated carbocycles. The van der Waals surface area contributed by atoms with E-state index in [4.69, 9.17) is 9.84 Å². The third-order valence-electron chi connectivity index (χ3n) is 3.98. The van der Waals surface area contributed by atoms with E-state index in [1.54, 1.807) is 24.1 Å². The molecule has 1 aromatic carbocycles. The second kappa shape index (κ2) is 7.92. The zero-order valence-electron chi connectivity index (χ0n) is 13.0. The molecule has 2 amide bonds. The van der Waals surface area contributed by atoms with Crippen LogP contribution in [0.3, 0.4) is 0 Å². The van der Waals surface area contributed by atoms with E-state index in [-0.39, 0.29) is 37.0 Å². The standard InChI is InChI=1S/C16H21FN2O4/c1-19(16(22)18-8-6-15(20)21)13-7-9-23-14(10-13)11-2-4-12(17)5-3-11/h2-5,13-14H,6-10H2,1H3,(H,18,22)(H,20,21). The van der Waals surface area contributed by atoms with E-state index in [9.17, 15) is 14.0 Å². The van der Waals surface area contributed by atoms with E-state index >= 15 is 0 Å². The molecule has 0 radical (unpaired) electrons. The molecule has 1 heterocycles. The molecule has 0 spiro atoms. The summed E-state index contributed by atoms with van der Waals surface area (Å²) >= 11 is 0. The number of aliphatic carboxylic acids is 1. The van der Waals surface area contributed by atoms with E-state index in [0.717, 1.165) is 5.56 Å². The lowest BCUT2D eigenvalue weighted by molar-refractivity contribution is -0.136. The number of urea groups is 1. The summed E-state index contributed by atoms with van der Waals surface area (Å²) in [5, 5.41) is 11.2. The molecule has 0 aliphatic carbocycles. The molecule has 2 N–H and O–H groups in total. The van der Waals surface area contributed by atoms with Crippen molar-refractivity contribution in [3.63, 3.8) is 0 Å². The lowest BCUT2D eigenvalue weighted by Gasteiger charge is -2.35. The van der Waals surface area contributed by atoms with Crippen molar-refractivity contribution in [1.29, 1.82) is 0 Å². The number of carbonyl (C=O) groups is 2. The van der Waals surface area contributed by atoms with Gasteiger partial charge in [-0.1, -0.05) is 12.1 Å². The van der Waals surface area contributed by atoms with Crippen LogP contribution in [0.25, 0.3) is 0 Å². The maximum absolute atomic E-state index is 13.0. The second-order valence-electron chi connectivity index (χ2n) is 5.58. The van der Waals surface area contributed by atoms with Gasteiger partial charge in [0, 0.05) is 26.2 Å². The fourth-order valence-corrected chi connectivity index (χ4v) is 2.61. The van der Waals surface area contributed by atoms with Gasteiger partial charge in [0.1, 0.15) is 5.82 Å². The average Bonchev–Trinajstić information content (AvgIpc) is 2.54. The predicted molar refractivity (Wildman–Crippen MR) is 81.5 cm³/mol. The SMILES string of the molecule is CN(C(=O)NCCC(=O)O)C1CCOC(c2ccc(F)cc2)C1. The minimum Gasteiger partial charge on any atom is -0.481 e. The molecular weight excluding hydrogens is 303 g/mol. The van der Waals surface area contributed by atoms with E-state index in [2.05, 4.69) is 5.32 Å². The smallest absolute Gasteiger partial charge is 0.317 e. The number of carbonyl (C=O) groups excluding carboxylic acids is 1. The largest absolute Gasteiger partial charge is 0.481 e. The summed E-state index contributed by atoms with van der Waals surface area (Å²) in [6, 6.07) is 5.86. The van der Waals surface area contributed by atoms with Crippen LogP contribution in [-0.4, -0.2) is 48.2 Å². The first-order valence-corrected chi connectivity index (χ1v) is 7.57. The fraction of sp³-hybridized carbons (Fsp3) is 0.500. The van der Waals surface area contributed by atoms with Crippen molar-refractivity contribution in [1.82, 2.24) is 10.2 Å². The Kier molecular flexibility index (Phi) is 5.92. The molecule has 2 rings (SSSR count). The number of nitrogens with one attached hydrogen (secondary N) is 1. The lowest BCUT2D eigenvalue weighted by atomic mass is 9.97. The molecule has 2 unspecified atom stereocenters. The Morgan fingerprint density at radius 3 is 2.74 bits per heavy atom. The molecule has 0 bridgehead atoms. The molecule has 2 atom stereocenters. The van der Waals surface area contributed by atoms with Gasteiger partial charge < -0.3 is 20.1 Å². The molecule has 1 fully saturated rings. The molecular formula is C16H21FN2O4. The number of carboxylic acids is 1. The number of rotatable bonds is 5. The third kappa shape index (κ3) is 4.92. The van der Waals surface area contributed by atoms with Gasteiger partial charge in [0.05, 0.1) is 12.5 Å². The Morgan fingerprint density at radius 2 is 2.09 bits per heavy atom. The van der Waals surface area contributed by atoms with Gasteiger partial charge in [-0.15, -0.1) is 0 Å². The number of carboxylic acid groups (broad SMARTS) is 1. The molecule has 23 heavy (non-hydrogen) atoms. The first-order valence-electron chi connectivity index (χ1n) is 7.57. The summed E-state index contributed by atoms with van der Waals surface area (Å²) in [5.74, 6) is -1.24. The van der Waals surface area contributed by atoms with Crippen molar-refractivity contribution in [2.24, 2.45) is 0 Å². The summed E-state index contributed by atoms with van der Waals surface area (Å²) in [4.78, 5) is 24.1. The highest BCUT2D eigenvalue weighted by molar-refractivity contribution is 5.75. The van der Waals surface area contributed by atoms with Crippen molar-refractivity contribution in [3.8, 4) is 0 Å². The topological polar surface area (TPSA) is 78.9 Å². The number of halogens is 1. The van der Waals surface area contributed by atoms with Crippen molar-refractivity contribution < 1.29 is 23.8 Å². The number of hydrogen-bond donors (Lipinski definition) is 2. The maximum atomic E-state index is 13.0. The Bertz CT molecular complexity index is 550. The minimum absolute atomic E-state index is 0.0105. The number of hydrogen-bond acceptors (Lipinski definition) is 3. The highest BCUT2D eigenvalue weighted by Gasteiger charge is 2.28. The van der Waals surface area contributed by atoms with Crippen molar-refractivity contribution in [2.75, 3.05) is 20.2 Å². The molecule has 6 nitrogen and oxygen atoms in total. The van der Waals surface area contributed by atoms with Crippen LogP contribution in [-0.2, 0) is 9.53 Å². The Hall–Kier alpha value is -2.15. The van der Waals surface area contributed by atoms with E-state index in [1.165, 1.54) is 12.1 Å². The zero-order valence-corrected chi connectivity index (χ0v) is 13.0. The monoisotopic (exact) mass is 324 g/mol. The normalized spacial score (nSPS) is 20.8. The molecule has 1 aliphatic heterocycles. The molecule has 1 saturated heterocycles. The van der Waals surface area contributed by atoms with Gasteiger partial charge in [0.2, 0.25) is 0 Å². The third-order valence-corrected chi connectivity index (χ3v) is 3.98. The summed E-state index contributed by atoms with van der Waals surface area (Å²) in [5.41, 5.74) is 0.885. The summed E-state index contributed by atoms with van der Waals surface area (Å²) in [6.07, 6.45) is 1.05. The Balaban J connectivity index is 1.90. The first-order chi connectivity index (χ1) is 11.0. The van der Waals surface area contributed by atoms with Crippen molar-refractivity contribution >= 4 is 12.0 Å². The predicted octanol–water partition coefficient (Wildman–Crippen LogP) is 2.16. The van der Waals surface area contributed by atoms with Gasteiger partial charge in [-0.05, 0) is 30.5 Å². The second-order valence-corrected chi connectivity index (χ2v) is 5.58. The van der Waals surface area contributed by atoms with Crippen LogP contribution in [0.4, 0.5) is 9.18 Å². The highest BCUT2D eigenvalue weighted by Crippen LogP contribution is 2.30. The first kappa shape index (κ1) is 17.2. The summed E-state index contributed by atoms with van der Waals surface area (Å²) in [6.45, 7) is 0.614.